The van der Waals surface area contributed by atoms with Crippen molar-refractivity contribution in [1.82, 2.24) is 14.9 Å². The number of pyridine rings is 2. The minimum atomic E-state index is -0.312. The molecule has 1 amide bonds. The lowest BCUT2D eigenvalue weighted by Gasteiger charge is -2.10. The van der Waals surface area contributed by atoms with E-state index in [0.29, 0.717) is 34.1 Å². The molecule has 0 saturated heterocycles. The van der Waals surface area contributed by atoms with Crippen molar-refractivity contribution in [3.05, 3.63) is 134 Å². The maximum atomic E-state index is 12.6. The molecule has 0 aliphatic rings. The van der Waals surface area contributed by atoms with E-state index in [0.717, 1.165) is 16.7 Å². The normalized spacial score (nSPS) is 10.7. The first-order chi connectivity index (χ1) is 16.9. The maximum Gasteiger partial charge on any atom is 0.253 e. The number of rotatable bonds is 8. The van der Waals surface area contributed by atoms with E-state index in [2.05, 4.69) is 10.3 Å². The number of hydrogen-bond donors (Lipinski definition) is 2. The first-order valence-corrected chi connectivity index (χ1v) is 11.6. The van der Waals surface area contributed by atoms with Crippen molar-refractivity contribution in [2.24, 2.45) is 0 Å². The summed E-state index contributed by atoms with van der Waals surface area (Å²) in [5.41, 5.74) is 3.90. The summed E-state index contributed by atoms with van der Waals surface area (Å²) >= 11 is 12.5. The highest BCUT2D eigenvalue weighted by Gasteiger charge is 2.11. The Labute approximate surface area is 212 Å². The van der Waals surface area contributed by atoms with Gasteiger partial charge in [0.05, 0.1) is 24.4 Å². The van der Waals surface area contributed by atoms with Gasteiger partial charge in [0.1, 0.15) is 0 Å². The van der Waals surface area contributed by atoms with Crippen LogP contribution in [0.5, 0.6) is 0 Å². The van der Waals surface area contributed by atoms with Gasteiger partial charge in [0, 0.05) is 34.7 Å². The first kappa shape index (κ1) is 24.4. The molecule has 4 aromatic rings. The molecule has 0 unspecified atom stereocenters. The van der Waals surface area contributed by atoms with Crippen LogP contribution < -0.4 is 10.9 Å². The lowest BCUT2D eigenvalue weighted by molar-refractivity contribution is 0.0959. The van der Waals surface area contributed by atoms with Crippen molar-refractivity contribution in [2.75, 3.05) is 6.54 Å². The van der Waals surface area contributed by atoms with Gasteiger partial charge in [-0.15, -0.1) is 0 Å². The highest BCUT2D eigenvalue weighted by atomic mass is 35.5. The molecule has 176 valence electrons. The van der Waals surface area contributed by atoms with Gasteiger partial charge in [0.2, 0.25) is 0 Å². The third kappa shape index (κ3) is 6.44. The molecule has 0 bridgehead atoms. The predicted octanol–water partition coefficient (Wildman–Crippen LogP) is 4.99. The fourth-order valence-corrected chi connectivity index (χ4v) is 4.05. The number of nitrogens with zero attached hydrogens (tertiary/aromatic N) is 2. The summed E-state index contributed by atoms with van der Waals surface area (Å²) in [6, 6.07) is 19.5. The lowest BCUT2D eigenvalue weighted by atomic mass is 10.0. The fourth-order valence-electron chi connectivity index (χ4n) is 3.60. The Bertz CT molecular complexity index is 1450. The zero-order valence-corrected chi connectivity index (χ0v) is 20.2. The molecule has 6 nitrogen and oxygen atoms in total. The third-order valence-corrected chi connectivity index (χ3v) is 6.01. The van der Waals surface area contributed by atoms with Gasteiger partial charge in [0.25, 0.3) is 11.5 Å². The van der Waals surface area contributed by atoms with Gasteiger partial charge in [0.15, 0.2) is 0 Å². The number of amides is 1. The second-order valence-electron chi connectivity index (χ2n) is 8.02. The van der Waals surface area contributed by atoms with Crippen LogP contribution in [0.1, 0.15) is 32.6 Å². The number of carbonyl (C=O) groups is 1. The van der Waals surface area contributed by atoms with E-state index in [1.807, 2.05) is 18.2 Å². The van der Waals surface area contributed by atoms with Gasteiger partial charge >= 0.3 is 0 Å². The van der Waals surface area contributed by atoms with Gasteiger partial charge in [-0.1, -0.05) is 53.5 Å². The van der Waals surface area contributed by atoms with Crippen molar-refractivity contribution in [1.29, 1.82) is 5.41 Å². The Morgan fingerprint density at radius 3 is 2.57 bits per heavy atom. The second-order valence-corrected chi connectivity index (χ2v) is 8.87. The molecule has 2 N–H and O–H groups in total. The minimum Gasteiger partial charge on any atom is -0.346 e. The first-order valence-electron chi connectivity index (χ1n) is 10.9. The molecular weight excluding hydrogens is 483 g/mol. The summed E-state index contributed by atoms with van der Waals surface area (Å²) in [6.45, 7) is 0.463. The topological polar surface area (TPSA) is 87.8 Å². The van der Waals surface area contributed by atoms with E-state index >= 15 is 0 Å². The summed E-state index contributed by atoms with van der Waals surface area (Å²) in [5, 5.41) is 12.0. The van der Waals surface area contributed by atoms with Crippen LogP contribution in [-0.4, -0.2) is 27.7 Å². The molecule has 2 heterocycles. The fraction of sp³-hybridized carbons (Fsp3) is 0.111. The number of aromatic nitrogens is 2. The number of halogens is 2. The molecule has 0 fully saturated rings. The molecule has 0 atom stereocenters. The quantitative estimate of drug-likeness (QED) is 0.331. The van der Waals surface area contributed by atoms with Gasteiger partial charge in [-0.2, -0.15) is 0 Å². The molecule has 35 heavy (non-hydrogen) atoms. The van der Waals surface area contributed by atoms with Crippen molar-refractivity contribution < 1.29 is 4.79 Å². The Kier molecular flexibility index (Phi) is 7.75. The molecule has 0 saturated carbocycles. The van der Waals surface area contributed by atoms with Crippen LogP contribution in [0.3, 0.4) is 0 Å². The van der Waals surface area contributed by atoms with Crippen molar-refractivity contribution in [2.45, 2.75) is 13.0 Å². The summed E-state index contributed by atoms with van der Waals surface area (Å²) in [5.74, 6) is -0.312. The van der Waals surface area contributed by atoms with Crippen LogP contribution in [0.2, 0.25) is 10.0 Å². The molecule has 2 aromatic heterocycles. The smallest absolute Gasteiger partial charge is 0.253 e. The monoisotopic (exact) mass is 504 g/mol. The Morgan fingerprint density at radius 2 is 1.80 bits per heavy atom. The molecule has 4 rings (SSSR count). The zero-order chi connectivity index (χ0) is 24.8. The van der Waals surface area contributed by atoms with E-state index in [1.165, 1.54) is 12.3 Å². The number of carbonyl (C=O) groups excluding carboxylic acids is 1. The van der Waals surface area contributed by atoms with E-state index in [1.54, 1.807) is 59.4 Å². The van der Waals surface area contributed by atoms with Gasteiger partial charge in [-0.25, -0.2) is 0 Å². The van der Waals surface area contributed by atoms with E-state index in [9.17, 15) is 9.59 Å². The average Bonchev–Trinajstić information content (AvgIpc) is 2.85. The van der Waals surface area contributed by atoms with Crippen LogP contribution in [0.25, 0.3) is 0 Å². The van der Waals surface area contributed by atoms with Gasteiger partial charge in [-0.3, -0.25) is 14.6 Å². The van der Waals surface area contributed by atoms with Crippen LogP contribution in [-0.2, 0) is 13.0 Å². The highest BCUT2D eigenvalue weighted by molar-refractivity contribution is 6.31. The molecular formula is C27H22Cl2N4O2. The van der Waals surface area contributed by atoms with E-state index in [4.69, 9.17) is 28.6 Å². The summed E-state index contributed by atoms with van der Waals surface area (Å²) < 4.78 is 1.60. The standard InChI is InChI=1S/C27H22Cl2N4O2/c28-23-5-3-4-20(13-23)25(30)16-32-27(35)22-11-19(14-31-15-22)10-18-7-8-21(24(29)12-18)17-33-9-2-1-6-26(33)34/h1-9,11-15,30H,10,16-17H2,(H,32,35). The zero-order valence-electron chi connectivity index (χ0n) is 18.7. The van der Waals surface area contributed by atoms with Crippen molar-refractivity contribution in [3.63, 3.8) is 0 Å². The molecule has 2 aromatic carbocycles. The second kappa shape index (κ2) is 11.1. The van der Waals surface area contributed by atoms with Crippen molar-refractivity contribution in [3.8, 4) is 0 Å². The highest BCUT2D eigenvalue weighted by Crippen LogP contribution is 2.21. The molecule has 0 aliphatic heterocycles. The number of nitrogens with one attached hydrogen (secondary N) is 2. The molecule has 0 spiro atoms. The van der Waals surface area contributed by atoms with E-state index < -0.39 is 0 Å². The minimum absolute atomic E-state index is 0.0744. The summed E-state index contributed by atoms with van der Waals surface area (Å²) in [6.07, 6.45) is 5.47. The van der Waals surface area contributed by atoms with Crippen LogP contribution in [0.4, 0.5) is 0 Å². The van der Waals surface area contributed by atoms with Crippen molar-refractivity contribution >= 4 is 34.8 Å². The lowest BCUT2D eigenvalue weighted by Crippen LogP contribution is -2.29. The van der Waals surface area contributed by atoms with Crippen LogP contribution in [0.15, 0.2) is 90.1 Å². The summed E-state index contributed by atoms with van der Waals surface area (Å²) in [4.78, 5) is 28.8. The number of hydrogen-bond acceptors (Lipinski definition) is 4. The van der Waals surface area contributed by atoms with Gasteiger partial charge in [-0.05, 0) is 59.0 Å². The molecule has 0 radical (unpaired) electrons. The molecule has 0 aliphatic carbocycles. The van der Waals surface area contributed by atoms with Crippen LogP contribution >= 0.6 is 23.2 Å². The Morgan fingerprint density at radius 1 is 0.943 bits per heavy atom. The third-order valence-electron chi connectivity index (χ3n) is 5.42. The van der Waals surface area contributed by atoms with Gasteiger partial charge < -0.3 is 15.3 Å². The number of benzene rings is 2. The SMILES string of the molecule is N=C(CNC(=O)c1cncc(Cc2ccc(Cn3ccccc3=O)c(Cl)c2)c1)c1cccc(Cl)c1. The summed E-state index contributed by atoms with van der Waals surface area (Å²) in [7, 11) is 0. The average molecular weight is 505 g/mol. The molecule has 8 heteroatoms. The maximum absolute atomic E-state index is 12.6. The Hall–Kier alpha value is -3.74. The predicted molar refractivity (Wildman–Crippen MR) is 139 cm³/mol. The van der Waals surface area contributed by atoms with E-state index in [-0.39, 0.29) is 23.7 Å². The largest absolute Gasteiger partial charge is 0.346 e. The van der Waals surface area contributed by atoms with Crippen LogP contribution in [0, 0.1) is 5.41 Å². The Balaban J connectivity index is 1.40.